The summed E-state index contributed by atoms with van der Waals surface area (Å²) >= 11 is 0. The van der Waals surface area contributed by atoms with Gasteiger partial charge in [0.2, 0.25) is 0 Å². The summed E-state index contributed by atoms with van der Waals surface area (Å²) in [5, 5.41) is 0. The molecule has 0 aromatic carbocycles. The minimum Gasteiger partial charge on any atom is -0.378 e. The van der Waals surface area contributed by atoms with Crippen molar-refractivity contribution in [2.75, 3.05) is 26.2 Å². The van der Waals surface area contributed by atoms with Crippen LogP contribution in [0.15, 0.2) is 24.4 Å². The molecule has 0 saturated carbocycles. The Balaban J connectivity index is 4.02. The van der Waals surface area contributed by atoms with E-state index >= 15 is 0 Å². The molecule has 86 valence electrons. The van der Waals surface area contributed by atoms with Crippen LogP contribution in [0, 0.1) is 0 Å². The molecular weight excluding hydrogens is 184 g/mol. The van der Waals surface area contributed by atoms with Crippen molar-refractivity contribution in [1.82, 2.24) is 4.90 Å². The molecule has 0 saturated heterocycles. The lowest BCUT2D eigenvalue weighted by atomic mass is 10.4. The second-order valence-electron chi connectivity index (χ2n) is 3.32. The van der Waals surface area contributed by atoms with Crippen LogP contribution in [0.2, 0.25) is 0 Å². The fourth-order valence-electron chi connectivity index (χ4n) is 1.28. The molecule has 0 aliphatic heterocycles. The maximum absolute atomic E-state index is 2.27. The molecule has 0 aliphatic carbocycles. The Kier molecular flexibility index (Phi) is 8.84. The molecule has 0 amide bonds. The Morgan fingerprint density at radius 3 is 1.93 bits per heavy atom. The molecule has 2 heteroatoms. The molecule has 0 atom stereocenters. The average Bonchev–Trinajstić information content (AvgIpc) is 2.29. The van der Waals surface area contributed by atoms with Crippen molar-refractivity contribution in [3.63, 3.8) is 0 Å². The van der Waals surface area contributed by atoms with Gasteiger partial charge in [0.1, 0.15) is 13.1 Å². The van der Waals surface area contributed by atoms with E-state index in [0.29, 0.717) is 0 Å². The van der Waals surface area contributed by atoms with E-state index < -0.39 is 0 Å². The van der Waals surface area contributed by atoms with Gasteiger partial charge in [0.25, 0.3) is 0 Å². The molecule has 0 fully saturated rings. The normalized spacial score (nSPS) is 11.2. The highest BCUT2D eigenvalue weighted by molar-refractivity contribution is 5.66. The minimum atomic E-state index is 1.07. The van der Waals surface area contributed by atoms with Gasteiger partial charge in [-0.2, -0.15) is 0 Å². The van der Waals surface area contributed by atoms with E-state index in [2.05, 4.69) is 67.8 Å². The summed E-state index contributed by atoms with van der Waals surface area (Å²) in [4.78, 5) is 2.27. The summed E-state index contributed by atoms with van der Waals surface area (Å²) in [5.41, 5.74) is 0. The number of rotatable bonds is 7. The number of allylic oxidation sites excluding steroid dienone is 3. The topological polar surface area (TPSA) is 6.25 Å². The fourth-order valence-corrected chi connectivity index (χ4v) is 1.28. The van der Waals surface area contributed by atoms with Crippen LogP contribution in [-0.2, 0) is 0 Å². The van der Waals surface area contributed by atoms with Crippen molar-refractivity contribution in [1.29, 1.82) is 0 Å². The summed E-state index contributed by atoms with van der Waals surface area (Å²) in [6.07, 6.45) is 10.5. The Bertz CT molecular complexity index is 217. The van der Waals surface area contributed by atoms with Crippen LogP contribution in [0.25, 0.3) is 0 Å². The van der Waals surface area contributed by atoms with Crippen LogP contribution >= 0.6 is 0 Å². The van der Waals surface area contributed by atoms with Crippen LogP contribution < -0.4 is 0 Å². The lowest BCUT2D eigenvalue weighted by molar-refractivity contribution is -0.515. The third-order valence-corrected chi connectivity index (χ3v) is 2.44. The van der Waals surface area contributed by atoms with Gasteiger partial charge >= 0.3 is 0 Å². The summed E-state index contributed by atoms with van der Waals surface area (Å²) in [6.45, 7) is 12.9. The Morgan fingerprint density at radius 1 is 0.867 bits per heavy atom. The van der Waals surface area contributed by atoms with Crippen LogP contribution in [-0.4, -0.2) is 41.9 Å². The van der Waals surface area contributed by atoms with Crippen molar-refractivity contribution in [2.45, 2.75) is 27.7 Å². The molecule has 2 nitrogen and oxygen atoms in total. The van der Waals surface area contributed by atoms with Gasteiger partial charge in [-0.25, -0.2) is 4.58 Å². The van der Waals surface area contributed by atoms with Crippen molar-refractivity contribution < 1.29 is 4.58 Å². The Hall–Kier alpha value is -1.05. The first-order valence-electron chi connectivity index (χ1n) is 5.94. The lowest BCUT2D eigenvalue weighted by Gasteiger charge is -2.13. The third kappa shape index (κ3) is 6.95. The van der Waals surface area contributed by atoms with Gasteiger partial charge in [-0.1, -0.05) is 6.08 Å². The van der Waals surface area contributed by atoms with Crippen LogP contribution in [0.5, 0.6) is 0 Å². The van der Waals surface area contributed by atoms with E-state index in [9.17, 15) is 0 Å². The highest BCUT2D eigenvalue weighted by Crippen LogP contribution is 1.88. The maximum atomic E-state index is 2.27. The fraction of sp³-hybridized carbons (Fsp3) is 0.615. The molecular formula is C13H25N2+. The smallest absolute Gasteiger partial charge is 0.163 e. The van der Waals surface area contributed by atoms with Gasteiger partial charge < -0.3 is 4.90 Å². The summed E-state index contributed by atoms with van der Waals surface area (Å²) in [7, 11) is 0. The summed E-state index contributed by atoms with van der Waals surface area (Å²) < 4.78 is 2.27. The standard InChI is InChI=1S/C13H25N2/c1-5-14(6-2)12-10-9-11-13-15(7-3)8-4/h9-13H,5-8H2,1-4H3/q+1. The molecule has 0 aromatic rings. The third-order valence-electron chi connectivity index (χ3n) is 2.44. The minimum absolute atomic E-state index is 1.07. The van der Waals surface area contributed by atoms with Crippen molar-refractivity contribution in [3.8, 4) is 0 Å². The zero-order chi connectivity index (χ0) is 11.5. The first-order valence-corrected chi connectivity index (χ1v) is 5.94. The largest absolute Gasteiger partial charge is 0.378 e. The highest BCUT2D eigenvalue weighted by atomic mass is 15.1. The Morgan fingerprint density at radius 2 is 1.47 bits per heavy atom. The van der Waals surface area contributed by atoms with Crippen LogP contribution in [0.3, 0.4) is 0 Å². The Labute approximate surface area is 94.6 Å². The van der Waals surface area contributed by atoms with E-state index in [1.807, 2.05) is 0 Å². The molecule has 15 heavy (non-hydrogen) atoms. The van der Waals surface area contributed by atoms with Gasteiger partial charge in [0, 0.05) is 19.2 Å². The predicted molar refractivity (Wildman–Crippen MR) is 68.6 cm³/mol. The highest BCUT2D eigenvalue weighted by Gasteiger charge is 1.90. The number of hydrogen-bond donors (Lipinski definition) is 0. The molecule has 0 N–H and O–H groups in total. The molecule has 0 bridgehead atoms. The van der Waals surface area contributed by atoms with Crippen LogP contribution in [0.4, 0.5) is 0 Å². The van der Waals surface area contributed by atoms with Crippen molar-refractivity contribution >= 4 is 6.21 Å². The zero-order valence-electron chi connectivity index (χ0n) is 10.6. The van der Waals surface area contributed by atoms with Crippen LogP contribution in [0.1, 0.15) is 27.7 Å². The molecule has 0 rings (SSSR count). The second kappa shape index (κ2) is 9.50. The average molecular weight is 209 g/mol. The van der Waals surface area contributed by atoms with Gasteiger partial charge in [-0.15, -0.1) is 0 Å². The molecule has 0 aliphatic rings. The van der Waals surface area contributed by atoms with Gasteiger partial charge in [0.05, 0.1) is 0 Å². The van der Waals surface area contributed by atoms with E-state index in [1.54, 1.807) is 0 Å². The zero-order valence-corrected chi connectivity index (χ0v) is 10.6. The number of hydrogen-bond acceptors (Lipinski definition) is 1. The summed E-state index contributed by atoms with van der Waals surface area (Å²) in [5.74, 6) is 0. The van der Waals surface area contributed by atoms with E-state index in [0.717, 1.165) is 26.2 Å². The molecule has 0 heterocycles. The van der Waals surface area contributed by atoms with Gasteiger partial charge in [0.15, 0.2) is 6.21 Å². The summed E-state index contributed by atoms with van der Waals surface area (Å²) in [6, 6.07) is 0. The first kappa shape index (κ1) is 13.9. The molecule has 0 aromatic heterocycles. The monoisotopic (exact) mass is 209 g/mol. The van der Waals surface area contributed by atoms with Crippen molar-refractivity contribution in [2.24, 2.45) is 0 Å². The molecule has 0 radical (unpaired) electrons. The van der Waals surface area contributed by atoms with E-state index in [1.165, 1.54) is 0 Å². The first-order chi connectivity index (χ1) is 7.28. The predicted octanol–water partition coefficient (Wildman–Crippen LogP) is 2.52. The second-order valence-corrected chi connectivity index (χ2v) is 3.32. The van der Waals surface area contributed by atoms with Gasteiger partial charge in [-0.05, 0) is 40.0 Å². The molecule has 0 unspecified atom stereocenters. The van der Waals surface area contributed by atoms with E-state index in [4.69, 9.17) is 0 Å². The van der Waals surface area contributed by atoms with Gasteiger partial charge in [-0.3, -0.25) is 0 Å². The lowest BCUT2D eigenvalue weighted by Crippen LogP contribution is -2.14. The molecule has 0 spiro atoms. The quantitative estimate of drug-likeness (QED) is 0.355. The maximum Gasteiger partial charge on any atom is 0.163 e. The SMILES string of the molecule is CCN(/C=C/C=C/C=[N+](CC)CC)CC. The van der Waals surface area contributed by atoms with E-state index in [-0.39, 0.29) is 0 Å². The number of nitrogens with zero attached hydrogens (tertiary/aromatic N) is 2. The van der Waals surface area contributed by atoms with Crippen molar-refractivity contribution in [3.05, 3.63) is 24.4 Å².